The average molecular weight is 267 g/mol. The number of aryl methyl sites for hydroxylation is 1. The molecular weight excluding hydrogens is 256 g/mol. The van der Waals surface area contributed by atoms with Crippen molar-refractivity contribution in [2.24, 2.45) is 0 Å². The van der Waals surface area contributed by atoms with Gasteiger partial charge in [0.25, 0.3) is 5.22 Å². The fraction of sp³-hybridized carbons (Fsp3) is 0.182. The average Bonchev–Trinajstić information content (AvgIpc) is 2.72. The summed E-state index contributed by atoms with van der Waals surface area (Å²) >= 11 is 1.32. The van der Waals surface area contributed by atoms with Gasteiger partial charge in [0, 0.05) is 5.75 Å². The van der Waals surface area contributed by atoms with Crippen LogP contribution < -0.4 is 5.46 Å². The maximum absolute atomic E-state index is 13.2. The Kier molecular flexibility index (Phi) is 4.06. The molecule has 4 nitrogen and oxygen atoms in total. The van der Waals surface area contributed by atoms with Gasteiger partial charge in [0.1, 0.15) is 12.1 Å². The normalized spacial score (nSPS) is 10.7. The van der Waals surface area contributed by atoms with E-state index in [1.165, 1.54) is 30.2 Å². The zero-order valence-corrected chi connectivity index (χ0v) is 10.4. The number of aromatic nitrogens is 1. The van der Waals surface area contributed by atoms with Crippen LogP contribution in [0.15, 0.2) is 34.1 Å². The molecule has 0 unspecified atom stereocenters. The maximum atomic E-state index is 13.2. The topological polar surface area (TPSA) is 66.5 Å². The second kappa shape index (κ2) is 5.56. The highest BCUT2D eigenvalue weighted by molar-refractivity contribution is 7.98. The molecular formula is C11H11BFNO3S. The van der Waals surface area contributed by atoms with E-state index in [0.717, 1.165) is 11.8 Å². The second-order valence-electron chi connectivity index (χ2n) is 3.81. The first-order valence-corrected chi connectivity index (χ1v) is 6.23. The minimum absolute atomic E-state index is 0.134. The SMILES string of the molecule is Cc1coc(SCc2cc(F)cc(B(O)O)c2)n1. The van der Waals surface area contributed by atoms with E-state index in [-0.39, 0.29) is 5.46 Å². The Morgan fingerprint density at radius 3 is 2.78 bits per heavy atom. The van der Waals surface area contributed by atoms with Crippen LogP contribution in [0.25, 0.3) is 0 Å². The minimum atomic E-state index is -1.67. The van der Waals surface area contributed by atoms with Gasteiger partial charge in [-0.15, -0.1) is 0 Å². The van der Waals surface area contributed by atoms with Crippen molar-refractivity contribution in [1.82, 2.24) is 4.98 Å². The number of rotatable bonds is 4. The van der Waals surface area contributed by atoms with Crippen LogP contribution in [0.2, 0.25) is 0 Å². The highest BCUT2D eigenvalue weighted by atomic mass is 32.2. The van der Waals surface area contributed by atoms with E-state index in [9.17, 15) is 4.39 Å². The molecule has 2 rings (SSSR count). The van der Waals surface area contributed by atoms with E-state index in [1.54, 1.807) is 0 Å². The van der Waals surface area contributed by atoms with Gasteiger partial charge >= 0.3 is 7.12 Å². The van der Waals surface area contributed by atoms with Crippen LogP contribution in [0.5, 0.6) is 0 Å². The van der Waals surface area contributed by atoms with Crippen LogP contribution in [0.3, 0.4) is 0 Å². The van der Waals surface area contributed by atoms with Crippen LogP contribution in [0.1, 0.15) is 11.3 Å². The first kappa shape index (κ1) is 13.1. The van der Waals surface area contributed by atoms with Gasteiger partial charge in [-0.3, -0.25) is 0 Å². The van der Waals surface area contributed by atoms with Gasteiger partial charge in [0.05, 0.1) is 5.69 Å². The van der Waals surface area contributed by atoms with Crippen molar-refractivity contribution < 1.29 is 18.9 Å². The fourth-order valence-corrected chi connectivity index (χ4v) is 2.23. The third kappa shape index (κ3) is 3.35. The first-order valence-electron chi connectivity index (χ1n) is 5.25. The van der Waals surface area contributed by atoms with Crippen molar-refractivity contribution in [3.63, 3.8) is 0 Å². The van der Waals surface area contributed by atoms with Crippen LogP contribution in [0, 0.1) is 12.7 Å². The quantitative estimate of drug-likeness (QED) is 0.641. The number of thioether (sulfide) groups is 1. The molecule has 0 bridgehead atoms. The van der Waals surface area contributed by atoms with Gasteiger partial charge in [-0.05, 0) is 30.1 Å². The summed E-state index contributed by atoms with van der Waals surface area (Å²) < 4.78 is 18.4. The summed E-state index contributed by atoms with van der Waals surface area (Å²) in [5.74, 6) is -0.0583. The standard InChI is InChI=1S/C11H11BFNO3S/c1-7-5-17-11(14-7)18-6-8-2-9(12(15)16)4-10(13)3-8/h2-5,15-16H,6H2,1H3. The van der Waals surface area contributed by atoms with Crippen molar-refractivity contribution in [2.45, 2.75) is 17.9 Å². The van der Waals surface area contributed by atoms with Crippen LogP contribution in [0.4, 0.5) is 4.39 Å². The van der Waals surface area contributed by atoms with Crippen molar-refractivity contribution >= 4 is 24.3 Å². The number of hydrogen-bond donors (Lipinski definition) is 2. The smallest absolute Gasteiger partial charge is 0.440 e. The fourth-order valence-electron chi connectivity index (χ4n) is 1.45. The highest BCUT2D eigenvalue weighted by Crippen LogP contribution is 2.21. The van der Waals surface area contributed by atoms with Gasteiger partial charge in [-0.25, -0.2) is 9.37 Å². The first-order chi connectivity index (χ1) is 8.54. The Hall–Kier alpha value is -1.31. The summed E-state index contributed by atoms with van der Waals surface area (Å²) in [5.41, 5.74) is 1.55. The number of hydrogen-bond acceptors (Lipinski definition) is 5. The summed E-state index contributed by atoms with van der Waals surface area (Å²) in [6, 6.07) is 3.97. The summed E-state index contributed by atoms with van der Waals surface area (Å²) in [5, 5.41) is 18.5. The molecule has 0 radical (unpaired) electrons. The van der Waals surface area contributed by atoms with Crippen molar-refractivity contribution in [3.05, 3.63) is 41.5 Å². The molecule has 0 fully saturated rings. The van der Waals surface area contributed by atoms with E-state index >= 15 is 0 Å². The van der Waals surface area contributed by atoms with E-state index in [1.807, 2.05) is 6.92 Å². The molecule has 7 heteroatoms. The molecule has 1 aromatic heterocycles. The Labute approximate surface area is 108 Å². The summed E-state index contributed by atoms with van der Waals surface area (Å²) in [4.78, 5) is 4.11. The molecule has 0 atom stereocenters. The van der Waals surface area contributed by atoms with Gasteiger partial charge in [0.2, 0.25) is 0 Å². The lowest BCUT2D eigenvalue weighted by molar-refractivity contribution is 0.425. The number of oxazole rings is 1. The lowest BCUT2D eigenvalue weighted by Crippen LogP contribution is -2.30. The van der Waals surface area contributed by atoms with Gasteiger partial charge in [0.15, 0.2) is 0 Å². The summed E-state index contributed by atoms with van der Waals surface area (Å²) in [7, 11) is -1.67. The Morgan fingerprint density at radius 2 is 2.17 bits per heavy atom. The zero-order valence-electron chi connectivity index (χ0n) is 9.63. The molecule has 0 aliphatic rings. The Bertz CT molecular complexity index is 547. The number of nitrogens with zero attached hydrogens (tertiary/aromatic N) is 1. The molecule has 0 aliphatic carbocycles. The third-order valence-electron chi connectivity index (χ3n) is 2.24. The molecule has 0 aliphatic heterocycles. The molecule has 0 spiro atoms. The van der Waals surface area contributed by atoms with Gasteiger partial charge in [-0.1, -0.05) is 17.8 Å². The number of halogens is 1. The van der Waals surface area contributed by atoms with Gasteiger partial charge < -0.3 is 14.5 Å². The van der Waals surface area contributed by atoms with Crippen LogP contribution in [-0.4, -0.2) is 22.2 Å². The molecule has 1 heterocycles. The van der Waals surface area contributed by atoms with Crippen molar-refractivity contribution in [1.29, 1.82) is 0 Å². The molecule has 18 heavy (non-hydrogen) atoms. The van der Waals surface area contributed by atoms with Crippen LogP contribution >= 0.6 is 11.8 Å². The van der Waals surface area contributed by atoms with E-state index < -0.39 is 12.9 Å². The third-order valence-corrected chi connectivity index (χ3v) is 3.15. The molecule has 0 saturated heterocycles. The predicted octanol–water partition coefficient (Wildman–Crippen LogP) is 1.09. The Morgan fingerprint density at radius 1 is 1.39 bits per heavy atom. The van der Waals surface area contributed by atoms with Crippen LogP contribution in [-0.2, 0) is 5.75 Å². The lowest BCUT2D eigenvalue weighted by atomic mass is 9.79. The molecule has 2 aromatic rings. The monoisotopic (exact) mass is 267 g/mol. The van der Waals surface area contributed by atoms with Crippen molar-refractivity contribution in [3.8, 4) is 0 Å². The number of benzene rings is 1. The van der Waals surface area contributed by atoms with Crippen molar-refractivity contribution in [2.75, 3.05) is 0 Å². The Balaban J connectivity index is 2.09. The zero-order chi connectivity index (χ0) is 13.1. The summed E-state index contributed by atoms with van der Waals surface area (Å²) in [6.07, 6.45) is 1.54. The van der Waals surface area contributed by atoms with E-state index in [4.69, 9.17) is 14.5 Å². The molecule has 1 aromatic carbocycles. The minimum Gasteiger partial charge on any atom is -0.440 e. The largest absolute Gasteiger partial charge is 0.488 e. The van der Waals surface area contributed by atoms with E-state index in [0.29, 0.717) is 16.5 Å². The molecule has 0 saturated carbocycles. The van der Waals surface area contributed by atoms with E-state index in [2.05, 4.69) is 4.98 Å². The van der Waals surface area contributed by atoms with Gasteiger partial charge in [-0.2, -0.15) is 0 Å². The predicted molar refractivity (Wildman–Crippen MR) is 67.0 cm³/mol. The maximum Gasteiger partial charge on any atom is 0.488 e. The second-order valence-corrected chi connectivity index (χ2v) is 4.74. The molecule has 0 amide bonds. The molecule has 2 N–H and O–H groups in total. The summed E-state index contributed by atoms with van der Waals surface area (Å²) in [6.45, 7) is 1.82. The highest BCUT2D eigenvalue weighted by Gasteiger charge is 2.13. The molecule has 94 valence electrons. The lowest BCUT2D eigenvalue weighted by Gasteiger charge is -2.04.